The Bertz CT molecular complexity index is 25.6. The van der Waals surface area contributed by atoms with Gasteiger partial charge in [-0.05, 0) is 6.80 Å². The lowest BCUT2D eigenvalue weighted by molar-refractivity contribution is 0.873. The number of hydrogen-bond acceptors (Lipinski definition) is 0. The van der Waals surface area contributed by atoms with Crippen LogP contribution >= 0.6 is 22.4 Å². The van der Waals surface area contributed by atoms with Crippen molar-refractivity contribution in [3.63, 3.8) is 0 Å². The average molecular weight is 174 g/mol. The average Bonchev–Trinajstić information content (AvgIpc) is 1.38. The molecule has 0 saturated carbocycles. The van der Waals surface area contributed by atoms with Gasteiger partial charge in [0.25, 0.3) is 0 Å². The predicted molar refractivity (Wildman–Crippen MR) is 26.7 cm³/mol. The summed E-state index contributed by atoms with van der Waals surface area (Å²) < 4.78 is 17.5. The van der Waals surface area contributed by atoms with E-state index in [9.17, 15) is 4.32 Å². The van der Waals surface area contributed by atoms with E-state index in [-0.39, 0.29) is 6.80 Å². The van der Waals surface area contributed by atoms with Crippen molar-refractivity contribution in [1.82, 2.24) is 0 Å². The molecule has 4 heavy (non-hydrogen) atoms. The minimum Gasteiger partial charge on any atom is -0.321 e. The van der Waals surface area contributed by atoms with Gasteiger partial charge in [-0.25, -0.2) is 0 Å². The van der Waals surface area contributed by atoms with Gasteiger partial charge in [-0.2, -0.15) is 0 Å². The first kappa shape index (κ1) is 2.94. The third-order valence-corrected chi connectivity index (χ3v) is 0. The Hall–Kier alpha value is 0.725. The van der Waals surface area contributed by atoms with E-state index in [1.54, 1.807) is 22.4 Å². The van der Waals surface area contributed by atoms with Crippen LogP contribution in [-0.4, -0.2) is 4.85 Å². The highest BCUT2D eigenvalue weighted by Crippen LogP contribution is 1.89. The van der Waals surface area contributed by atoms with E-state index in [2.05, 4.69) is 0 Å². The maximum atomic E-state index is 11.2. The van der Waals surface area contributed by atoms with Crippen LogP contribution in [0.1, 0.15) is 1.37 Å². The van der Waals surface area contributed by atoms with Gasteiger partial charge in [0.1, 0.15) is 0 Å². The van der Waals surface area contributed by atoms with E-state index >= 15 is 0 Å². The first-order valence-electron chi connectivity index (χ1n) is 1.55. The Balaban J connectivity index is 2.54. The molecule has 0 amide bonds. The van der Waals surface area contributed by atoms with Crippen molar-refractivity contribution in [2.75, 3.05) is 0 Å². The molecule has 0 aliphatic rings. The third-order valence-electron chi connectivity index (χ3n) is 0. The molecule has 0 aliphatic heterocycles. The summed E-state index contributed by atoms with van der Waals surface area (Å²) in [6, 6.07) is 0. The fourth-order valence-corrected chi connectivity index (χ4v) is 0. The molecule has 0 fully saturated rings. The summed E-state index contributed by atoms with van der Waals surface area (Å²) in [7, 11) is 0. The second-order valence-electron chi connectivity index (χ2n) is 0.391. The fourth-order valence-electron chi connectivity index (χ4n) is 0. The van der Waals surface area contributed by atoms with Crippen LogP contribution in [0.4, 0.5) is 4.32 Å². The molecule has 0 radical (unpaired) electrons. The summed E-state index contributed by atoms with van der Waals surface area (Å²) in [5, 5.41) is 0. The summed E-state index contributed by atoms with van der Waals surface area (Å²) in [5.74, 6) is 0. The topological polar surface area (TPSA) is 0 Å². The van der Waals surface area contributed by atoms with E-state index in [0.717, 1.165) is 0 Å². The van der Waals surface area contributed by atoms with Gasteiger partial charge in [-0.3, -0.25) is 0 Å². The highest BCUT2D eigenvalue weighted by Gasteiger charge is 1.89. The first-order chi connectivity index (χ1) is 2.27. The van der Waals surface area contributed by atoms with Gasteiger partial charge >= 0.3 is 4.85 Å². The Morgan fingerprint density at radius 3 is 2.75 bits per heavy atom. The highest BCUT2D eigenvalue weighted by atomic mass is 127. The Morgan fingerprint density at radius 1 is 2.50 bits per heavy atom. The zero-order valence-corrected chi connectivity index (χ0v) is 4.20. The number of rotatable bonds is 0. The van der Waals surface area contributed by atoms with Gasteiger partial charge in [-0.1, -0.05) is 0 Å². The Kier molecular flexibility index (Phi) is 1.46. The molecule has 24 valence electrons. The van der Waals surface area contributed by atoms with Crippen LogP contribution in [0.3, 0.4) is 0 Å². The summed E-state index contributed by atoms with van der Waals surface area (Å²) >= 11 is 1.55. The molecule has 0 nitrogen and oxygen atoms in total. The summed E-state index contributed by atoms with van der Waals surface area (Å²) in [6.45, 7) is -0.124. The van der Waals surface area contributed by atoms with Crippen molar-refractivity contribution < 1.29 is 5.69 Å². The second-order valence-corrected chi connectivity index (χ2v) is 1.74. The molecular weight excluding hydrogens is 169 g/mol. The normalized spacial score (nSPS) is 10.0. The van der Waals surface area contributed by atoms with Crippen molar-refractivity contribution >= 4 is 27.2 Å². The van der Waals surface area contributed by atoms with E-state index in [1.807, 2.05) is 0 Å². The van der Waals surface area contributed by atoms with Crippen molar-refractivity contribution in [1.29, 1.82) is 0 Å². The van der Waals surface area contributed by atoms with Gasteiger partial charge < -0.3 is 4.32 Å². The lowest BCUT2D eigenvalue weighted by atomic mass is 10.2. The molecule has 0 saturated heterocycles. The summed E-state index contributed by atoms with van der Waals surface area (Å²) in [4.78, 5) is -0.979. The Morgan fingerprint density at radius 2 is 2.75 bits per heavy atom. The molecule has 3 heteroatoms. The molecule has 0 aromatic carbocycles. The van der Waals surface area contributed by atoms with E-state index in [1.165, 1.54) is 0 Å². The van der Waals surface area contributed by atoms with Gasteiger partial charge in [0.05, 0.1) is 0 Å². The molecule has 0 unspecified atom stereocenters. The van der Waals surface area contributed by atoms with Gasteiger partial charge in [-0.15, -0.1) is 22.4 Å². The van der Waals surface area contributed by atoms with Crippen molar-refractivity contribution in [3.8, 4) is 0 Å². The molecule has 0 atom stereocenters. The molecule has 0 rings (SSSR count). The highest BCUT2D eigenvalue weighted by molar-refractivity contribution is 14.1. The van der Waals surface area contributed by atoms with Gasteiger partial charge in [0, 0.05) is 1.37 Å². The van der Waals surface area contributed by atoms with Crippen molar-refractivity contribution in [3.05, 3.63) is 0 Å². The van der Waals surface area contributed by atoms with E-state index < -0.39 is 4.85 Å². The molecule has 0 N–H and O–H groups in total. The SMILES string of the molecule is [3H]CB(F)I. The van der Waals surface area contributed by atoms with Crippen LogP contribution in [-0.2, 0) is 0 Å². The summed E-state index contributed by atoms with van der Waals surface area (Å²) in [5.41, 5.74) is 0. The molecule has 0 heterocycles. The lowest BCUT2D eigenvalue weighted by Crippen LogP contribution is -1.74. The van der Waals surface area contributed by atoms with E-state index in [4.69, 9.17) is 1.37 Å². The molecular formula is CH3BFI. The van der Waals surface area contributed by atoms with Crippen LogP contribution in [0.25, 0.3) is 0 Å². The minimum atomic E-state index is -0.979. The maximum absolute atomic E-state index is 11.2. The zero-order chi connectivity index (χ0) is 4.28. The van der Waals surface area contributed by atoms with Gasteiger partial charge in [0.15, 0.2) is 0 Å². The smallest absolute Gasteiger partial charge is 0.321 e. The minimum absolute atomic E-state index is 0.124. The first-order valence-corrected chi connectivity index (χ1v) is 2.09. The molecule has 0 aromatic heterocycles. The maximum Gasteiger partial charge on any atom is 0.412 e. The van der Waals surface area contributed by atoms with Gasteiger partial charge in [0.2, 0.25) is 0 Å². The molecule has 0 aromatic rings. The van der Waals surface area contributed by atoms with Crippen LogP contribution in [0.15, 0.2) is 0 Å². The summed E-state index contributed by atoms with van der Waals surface area (Å²) in [6.07, 6.45) is 0. The third kappa shape index (κ3) is 15.4. The Labute approximate surface area is 40.2 Å². The standard InChI is InChI=1S/CH3BFI/c1-2(3)4/h1H3/i1T. The molecule has 0 spiro atoms. The van der Waals surface area contributed by atoms with Crippen molar-refractivity contribution in [2.45, 2.75) is 6.80 Å². The lowest BCUT2D eigenvalue weighted by Gasteiger charge is -1.63. The molecule has 0 aliphatic carbocycles. The van der Waals surface area contributed by atoms with Crippen LogP contribution in [0, 0.1) is 0 Å². The van der Waals surface area contributed by atoms with Crippen LogP contribution in [0.5, 0.6) is 0 Å². The van der Waals surface area contributed by atoms with Crippen LogP contribution < -0.4 is 0 Å². The second kappa shape index (κ2) is 1.99. The predicted octanol–water partition coefficient (Wildman–Crippen LogP) is 1.51. The van der Waals surface area contributed by atoms with Crippen molar-refractivity contribution in [2.24, 2.45) is 0 Å². The number of halogens is 2. The fraction of sp³-hybridized carbons (Fsp3) is 1.00. The monoisotopic (exact) mass is 174 g/mol. The molecule has 0 bridgehead atoms. The van der Waals surface area contributed by atoms with E-state index in [0.29, 0.717) is 0 Å². The quantitative estimate of drug-likeness (QED) is 0.385. The zero-order valence-electron chi connectivity index (χ0n) is 3.04. The van der Waals surface area contributed by atoms with Crippen LogP contribution in [0.2, 0.25) is 6.80 Å². The largest absolute Gasteiger partial charge is 0.412 e. The number of hydrogen-bond donors (Lipinski definition) is 0.